The summed E-state index contributed by atoms with van der Waals surface area (Å²) in [4.78, 5) is 16.0. The number of nitrogens with one attached hydrogen (secondary N) is 2. The van der Waals surface area contributed by atoms with Crippen molar-refractivity contribution in [2.24, 2.45) is 0 Å². The molecule has 1 aromatic heterocycles. The minimum Gasteiger partial charge on any atom is -0.354 e. The lowest BCUT2D eigenvalue weighted by molar-refractivity contribution is 0.0953. The van der Waals surface area contributed by atoms with Gasteiger partial charge in [-0.15, -0.1) is 0 Å². The molecule has 0 saturated carbocycles. The highest BCUT2D eigenvalue weighted by atomic mass is 16.1. The van der Waals surface area contributed by atoms with Crippen LogP contribution in [0.25, 0.3) is 0 Å². The minimum atomic E-state index is -0.0905. The summed E-state index contributed by atoms with van der Waals surface area (Å²) < 4.78 is 0. The van der Waals surface area contributed by atoms with Crippen LogP contribution in [0.1, 0.15) is 29.3 Å². The summed E-state index contributed by atoms with van der Waals surface area (Å²) in [6.07, 6.45) is 4.20. The Labute approximate surface area is 119 Å². The Hall–Kier alpha value is -2.36. The van der Waals surface area contributed by atoms with Crippen LogP contribution in [0.4, 0.5) is 11.4 Å². The summed E-state index contributed by atoms with van der Waals surface area (Å²) in [7, 11) is 0. The first-order valence-electron chi connectivity index (χ1n) is 6.76. The van der Waals surface area contributed by atoms with Crippen LogP contribution in [0.15, 0.2) is 42.7 Å². The fraction of sp³-hybridized carbons (Fsp3) is 0.250. The lowest BCUT2D eigenvalue weighted by Crippen LogP contribution is -2.24. The fourth-order valence-electron chi connectivity index (χ4n) is 1.86. The smallest absolute Gasteiger partial charge is 0.252 e. The number of aromatic nitrogens is 1. The highest BCUT2D eigenvalue weighted by molar-refractivity contribution is 5.94. The van der Waals surface area contributed by atoms with Gasteiger partial charge < -0.3 is 10.6 Å². The first-order valence-corrected chi connectivity index (χ1v) is 6.76. The van der Waals surface area contributed by atoms with Crippen LogP contribution in [-0.4, -0.2) is 17.4 Å². The average molecular weight is 269 g/mol. The number of carbonyl (C=O) groups excluding carboxylic acids is 1. The lowest BCUT2D eigenvalue weighted by atomic mass is 10.2. The van der Waals surface area contributed by atoms with Gasteiger partial charge in [0.1, 0.15) is 0 Å². The third-order valence-electron chi connectivity index (χ3n) is 2.84. The van der Waals surface area contributed by atoms with E-state index >= 15 is 0 Å². The molecule has 0 aliphatic carbocycles. The molecule has 104 valence electrons. The number of anilines is 2. The van der Waals surface area contributed by atoms with Crippen molar-refractivity contribution in [2.45, 2.75) is 20.3 Å². The molecule has 1 amide bonds. The molecule has 0 spiro atoms. The Morgan fingerprint density at radius 1 is 1.20 bits per heavy atom. The maximum atomic E-state index is 11.9. The maximum absolute atomic E-state index is 11.9. The van der Waals surface area contributed by atoms with E-state index in [1.54, 1.807) is 18.5 Å². The van der Waals surface area contributed by atoms with E-state index in [2.05, 4.69) is 15.6 Å². The molecule has 0 aliphatic heterocycles. The fourth-order valence-corrected chi connectivity index (χ4v) is 1.86. The summed E-state index contributed by atoms with van der Waals surface area (Å²) in [5.41, 5.74) is 3.54. The lowest BCUT2D eigenvalue weighted by Gasteiger charge is -2.08. The molecule has 1 aromatic carbocycles. The van der Waals surface area contributed by atoms with E-state index in [0.29, 0.717) is 12.1 Å². The third-order valence-corrected chi connectivity index (χ3v) is 2.84. The van der Waals surface area contributed by atoms with Crippen LogP contribution in [-0.2, 0) is 0 Å². The van der Waals surface area contributed by atoms with Gasteiger partial charge in [0.15, 0.2) is 0 Å². The number of hydrogen-bond donors (Lipinski definition) is 2. The molecule has 2 rings (SSSR count). The Bertz CT molecular complexity index is 596. The number of hydrogen-bond acceptors (Lipinski definition) is 3. The Morgan fingerprint density at radius 3 is 2.80 bits per heavy atom. The predicted octanol–water partition coefficient (Wildman–Crippen LogP) is 3.27. The van der Waals surface area contributed by atoms with E-state index in [1.807, 2.05) is 38.1 Å². The standard InChI is InChI=1S/C16H19N3O/c1-3-7-18-16(20)13-9-15(11-17-10-13)19-14-6-4-5-12(2)8-14/h4-6,8-11,19H,3,7H2,1-2H3,(H,18,20). The van der Waals surface area contributed by atoms with Gasteiger partial charge in [0, 0.05) is 18.4 Å². The molecule has 2 N–H and O–H groups in total. The molecular formula is C16H19N3O. The molecular weight excluding hydrogens is 250 g/mol. The van der Waals surface area contributed by atoms with Crippen molar-refractivity contribution in [3.05, 3.63) is 53.9 Å². The molecule has 0 radical (unpaired) electrons. The first-order chi connectivity index (χ1) is 9.69. The van der Waals surface area contributed by atoms with Gasteiger partial charge in [-0.25, -0.2) is 0 Å². The minimum absolute atomic E-state index is 0.0905. The second-order valence-electron chi connectivity index (χ2n) is 4.71. The number of benzene rings is 1. The molecule has 0 bridgehead atoms. The molecule has 0 saturated heterocycles. The molecule has 0 fully saturated rings. The zero-order valence-electron chi connectivity index (χ0n) is 11.8. The Morgan fingerprint density at radius 2 is 2.05 bits per heavy atom. The van der Waals surface area contributed by atoms with Crippen LogP contribution in [0.3, 0.4) is 0 Å². The van der Waals surface area contributed by atoms with Crippen molar-refractivity contribution in [3.63, 3.8) is 0 Å². The van der Waals surface area contributed by atoms with E-state index in [1.165, 1.54) is 5.56 Å². The maximum Gasteiger partial charge on any atom is 0.252 e. The zero-order chi connectivity index (χ0) is 14.4. The van der Waals surface area contributed by atoms with E-state index in [4.69, 9.17) is 0 Å². The molecule has 20 heavy (non-hydrogen) atoms. The van der Waals surface area contributed by atoms with Gasteiger partial charge in [-0.05, 0) is 37.1 Å². The van der Waals surface area contributed by atoms with Gasteiger partial charge in [0.2, 0.25) is 0 Å². The van der Waals surface area contributed by atoms with E-state index in [0.717, 1.165) is 17.8 Å². The van der Waals surface area contributed by atoms with Crippen LogP contribution >= 0.6 is 0 Å². The van der Waals surface area contributed by atoms with E-state index in [9.17, 15) is 4.79 Å². The molecule has 0 unspecified atom stereocenters. The van der Waals surface area contributed by atoms with Crippen molar-refractivity contribution in [2.75, 3.05) is 11.9 Å². The normalized spacial score (nSPS) is 10.1. The molecule has 0 atom stereocenters. The second kappa shape index (κ2) is 6.70. The van der Waals surface area contributed by atoms with Crippen LogP contribution in [0, 0.1) is 6.92 Å². The molecule has 0 aliphatic rings. The molecule has 1 heterocycles. The summed E-state index contributed by atoms with van der Waals surface area (Å²) in [5, 5.41) is 6.10. The van der Waals surface area contributed by atoms with Gasteiger partial charge in [-0.2, -0.15) is 0 Å². The van der Waals surface area contributed by atoms with Crippen LogP contribution in [0.2, 0.25) is 0 Å². The SMILES string of the molecule is CCCNC(=O)c1cncc(Nc2cccc(C)c2)c1. The van der Waals surface area contributed by atoms with Gasteiger partial charge in [0.25, 0.3) is 5.91 Å². The monoisotopic (exact) mass is 269 g/mol. The van der Waals surface area contributed by atoms with E-state index < -0.39 is 0 Å². The van der Waals surface area contributed by atoms with E-state index in [-0.39, 0.29) is 5.91 Å². The van der Waals surface area contributed by atoms with Gasteiger partial charge in [-0.1, -0.05) is 19.1 Å². The molecule has 4 heteroatoms. The summed E-state index contributed by atoms with van der Waals surface area (Å²) >= 11 is 0. The largest absolute Gasteiger partial charge is 0.354 e. The van der Waals surface area contributed by atoms with Crippen LogP contribution < -0.4 is 10.6 Å². The number of carbonyl (C=O) groups is 1. The quantitative estimate of drug-likeness (QED) is 0.876. The number of amides is 1. The Kier molecular flexibility index (Phi) is 4.71. The average Bonchev–Trinajstić information content (AvgIpc) is 2.45. The summed E-state index contributed by atoms with van der Waals surface area (Å²) in [5.74, 6) is -0.0905. The van der Waals surface area contributed by atoms with Gasteiger partial charge >= 0.3 is 0 Å². The Balaban J connectivity index is 2.11. The number of aryl methyl sites for hydroxylation is 1. The van der Waals surface area contributed by atoms with Gasteiger partial charge in [0.05, 0.1) is 17.4 Å². The summed E-state index contributed by atoms with van der Waals surface area (Å²) in [6, 6.07) is 9.86. The number of nitrogens with zero attached hydrogens (tertiary/aromatic N) is 1. The van der Waals surface area contributed by atoms with Gasteiger partial charge in [-0.3, -0.25) is 9.78 Å². The predicted molar refractivity (Wildman–Crippen MR) is 81.3 cm³/mol. The highest BCUT2D eigenvalue weighted by Gasteiger charge is 2.06. The van der Waals surface area contributed by atoms with Crippen molar-refractivity contribution in [1.29, 1.82) is 0 Å². The molecule has 4 nitrogen and oxygen atoms in total. The first kappa shape index (κ1) is 14.1. The van der Waals surface area contributed by atoms with Crippen molar-refractivity contribution >= 4 is 17.3 Å². The number of pyridine rings is 1. The topological polar surface area (TPSA) is 54.0 Å². The number of rotatable bonds is 5. The molecule has 2 aromatic rings. The van der Waals surface area contributed by atoms with Crippen molar-refractivity contribution in [3.8, 4) is 0 Å². The van der Waals surface area contributed by atoms with Crippen LogP contribution in [0.5, 0.6) is 0 Å². The van der Waals surface area contributed by atoms with Crippen molar-refractivity contribution in [1.82, 2.24) is 10.3 Å². The summed E-state index contributed by atoms with van der Waals surface area (Å²) in [6.45, 7) is 4.74. The second-order valence-corrected chi connectivity index (χ2v) is 4.71. The highest BCUT2D eigenvalue weighted by Crippen LogP contribution is 2.17. The third kappa shape index (κ3) is 3.82. The zero-order valence-corrected chi connectivity index (χ0v) is 11.8. The van der Waals surface area contributed by atoms with Crippen molar-refractivity contribution < 1.29 is 4.79 Å².